The summed E-state index contributed by atoms with van der Waals surface area (Å²) in [4.78, 5) is 2.36. The first kappa shape index (κ1) is 12.9. The predicted octanol–water partition coefficient (Wildman–Crippen LogP) is 3.58. The van der Waals surface area contributed by atoms with Crippen molar-refractivity contribution < 1.29 is 0 Å². The largest absolute Gasteiger partial charge is 0.374 e. The third-order valence-electron chi connectivity index (χ3n) is 3.55. The monoisotopic (exact) mass is 296 g/mol. The summed E-state index contributed by atoms with van der Waals surface area (Å²) in [6.45, 7) is 3.36. The van der Waals surface area contributed by atoms with Gasteiger partial charge in [0.2, 0.25) is 0 Å². The molecule has 0 aliphatic heterocycles. The van der Waals surface area contributed by atoms with Gasteiger partial charge in [0.05, 0.1) is 0 Å². The highest BCUT2D eigenvalue weighted by atomic mass is 79.9. The van der Waals surface area contributed by atoms with E-state index in [9.17, 15) is 0 Å². The summed E-state index contributed by atoms with van der Waals surface area (Å²) in [5.74, 6) is 0.926. The van der Waals surface area contributed by atoms with Crippen LogP contribution in [0.15, 0.2) is 22.7 Å². The molecule has 0 spiro atoms. The smallest absolute Gasteiger partial charge is 0.0375 e. The molecule has 1 aromatic rings. The van der Waals surface area contributed by atoms with Gasteiger partial charge < -0.3 is 10.2 Å². The highest BCUT2D eigenvalue weighted by Gasteiger charge is 2.23. The van der Waals surface area contributed by atoms with Gasteiger partial charge in [0.25, 0.3) is 0 Å². The van der Waals surface area contributed by atoms with Gasteiger partial charge in [-0.1, -0.05) is 22.0 Å². The molecule has 1 N–H and O–H groups in total. The van der Waals surface area contributed by atoms with Crippen molar-refractivity contribution in [1.29, 1.82) is 0 Å². The number of hydrogen-bond donors (Lipinski definition) is 1. The number of benzene rings is 1. The van der Waals surface area contributed by atoms with Crippen molar-refractivity contribution in [2.75, 3.05) is 25.5 Å². The molecule has 1 unspecified atom stereocenters. The number of rotatable bonds is 5. The van der Waals surface area contributed by atoms with Crippen LogP contribution < -0.4 is 10.2 Å². The molecule has 94 valence electrons. The zero-order chi connectivity index (χ0) is 12.4. The molecule has 0 radical (unpaired) electrons. The zero-order valence-electron chi connectivity index (χ0n) is 10.8. The molecule has 3 heteroatoms. The lowest BCUT2D eigenvalue weighted by molar-refractivity contribution is 0.649. The van der Waals surface area contributed by atoms with E-state index in [2.05, 4.69) is 58.3 Å². The molecule has 2 rings (SSSR count). The van der Waals surface area contributed by atoms with Gasteiger partial charge in [-0.15, -0.1) is 0 Å². The van der Waals surface area contributed by atoms with Crippen molar-refractivity contribution in [3.63, 3.8) is 0 Å². The number of nitrogens with zero attached hydrogens (tertiary/aromatic N) is 1. The quantitative estimate of drug-likeness (QED) is 0.893. The van der Waals surface area contributed by atoms with Crippen molar-refractivity contribution in [3.8, 4) is 0 Å². The molecular formula is C14H21BrN2. The van der Waals surface area contributed by atoms with Gasteiger partial charge >= 0.3 is 0 Å². The number of hydrogen-bond acceptors (Lipinski definition) is 2. The van der Waals surface area contributed by atoms with E-state index in [4.69, 9.17) is 0 Å². The van der Waals surface area contributed by atoms with E-state index in [1.165, 1.54) is 35.1 Å². The summed E-state index contributed by atoms with van der Waals surface area (Å²) in [7, 11) is 4.17. The molecule has 1 atom stereocenters. The molecule has 0 saturated heterocycles. The summed E-state index contributed by atoms with van der Waals surface area (Å²) in [6, 6.07) is 7.04. The standard InChI is InChI=1S/C14H21BrN2/c1-10(16-2)13-7-6-12(8-14(13)15)17(3)9-11-4-5-11/h6-8,10-11,16H,4-5,9H2,1-3H3. The maximum atomic E-state index is 3.67. The fraction of sp³-hybridized carbons (Fsp3) is 0.571. The Morgan fingerprint density at radius 3 is 2.71 bits per heavy atom. The molecule has 1 fully saturated rings. The third kappa shape index (κ3) is 3.23. The maximum absolute atomic E-state index is 3.67. The summed E-state index contributed by atoms with van der Waals surface area (Å²) in [5, 5.41) is 3.27. The van der Waals surface area contributed by atoms with Crippen molar-refractivity contribution in [2.24, 2.45) is 5.92 Å². The van der Waals surface area contributed by atoms with Crippen molar-refractivity contribution in [3.05, 3.63) is 28.2 Å². The minimum atomic E-state index is 0.382. The lowest BCUT2D eigenvalue weighted by atomic mass is 10.1. The minimum absolute atomic E-state index is 0.382. The second-order valence-corrected chi connectivity index (χ2v) is 5.89. The van der Waals surface area contributed by atoms with E-state index in [0.29, 0.717) is 6.04 Å². The lowest BCUT2D eigenvalue weighted by Gasteiger charge is -2.21. The SMILES string of the molecule is CNC(C)c1ccc(N(C)CC2CC2)cc1Br. The van der Waals surface area contributed by atoms with Crippen LogP contribution in [0.5, 0.6) is 0 Å². The van der Waals surface area contributed by atoms with Gasteiger partial charge in [-0.25, -0.2) is 0 Å². The van der Waals surface area contributed by atoms with Crippen molar-refractivity contribution >= 4 is 21.6 Å². The van der Waals surface area contributed by atoms with Crippen molar-refractivity contribution in [1.82, 2.24) is 5.32 Å². The third-order valence-corrected chi connectivity index (χ3v) is 4.24. The van der Waals surface area contributed by atoms with E-state index in [0.717, 1.165) is 5.92 Å². The first-order valence-corrected chi connectivity index (χ1v) is 7.09. The Morgan fingerprint density at radius 2 is 2.18 bits per heavy atom. The Balaban J connectivity index is 2.11. The average molecular weight is 297 g/mol. The number of halogens is 1. The van der Waals surface area contributed by atoms with Gasteiger partial charge in [-0.3, -0.25) is 0 Å². The molecule has 0 heterocycles. The van der Waals surface area contributed by atoms with Gasteiger partial charge in [-0.2, -0.15) is 0 Å². The molecule has 17 heavy (non-hydrogen) atoms. The summed E-state index contributed by atoms with van der Waals surface area (Å²) < 4.78 is 1.19. The Labute approximate surface area is 113 Å². The van der Waals surface area contributed by atoms with Crippen LogP contribution in [0.25, 0.3) is 0 Å². The van der Waals surface area contributed by atoms with Gasteiger partial charge in [0, 0.05) is 29.8 Å². The Hall–Kier alpha value is -0.540. The van der Waals surface area contributed by atoms with Crippen LogP contribution in [0.2, 0.25) is 0 Å². The summed E-state index contributed by atoms with van der Waals surface area (Å²) in [5.41, 5.74) is 2.62. The highest BCUT2D eigenvalue weighted by Crippen LogP contribution is 2.32. The molecular weight excluding hydrogens is 276 g/mol. The molecule has 1 aliphatic rings. The molecule has 1 saturated carbocycles. The van der Waals surface area contributed by atoms with Crippen LogP contribution in [-0.4, -0.2) is 20.6 Å². The Kier molecular flexibility index (Phi) is 4.10. The van der Waals surface area contributed by atoms with Gasteiger partial charge in [0.15, 0.2) is 0 Å². The fourth-order valence-electron chi connectivity index (χ4n) is 2.05. The van der Waals surface area contributed by atoms with Crippen LogP contribution in [0.4, 0.5) is 5.69 Å². The number of anilines is 1. The second kappa shape index (κ2) is 5.40. The highest BCUT2D eigenvalue weighted by molar-refractivity contribution is 9.10. The van der Waals surface area contributed by atoms with Crippen LogP contribution in [-0.2, 0) is 0 Å². The maximum Gasteiger partial charge on any atom is 0.0375 e. The molecule has 1 aliphatic carbocycles. The van der Waals surface area contributed by atoms with E-state index < -0.39 is 0 Å². The molecule has 1 aromatic carbocycles. The lowest BCUT2D eigenvalue weighted by Crippen LogP contribution is -2.20. The molecule has 0 bridgehead atoms. The average Bonchev–Trinajstić information content (AvgIpc) is 3.11. The van der Waals surface area contributed by atoms with E-state index >= 15 is 0 Å². The first-order chi connectivity index (χ1) is 8.11. The van der Waals surface area contributed by atoms with Crippen LogP contribution in [0.1, 0.15) is 31.4 Å². The molecule has 0 aromatic heterocycles. The van der Waals surface area contributed by atoms with Gasteiger partial charge in [-0.05, 0) is 50.4 Å². The van der Waals surface area contributed by atoms with E-state index in [1.807, 2.05) is 7.05 Å². The molecule has 0 amide bonds. The van der Waals surface area contributed by atoms with E-state index in [-0.39, 0.29) is 0 Å². The number of nitrogens with one attached hydrogen (secondary N) is 1. The fourth-order valence-corrected chi connectivity index (χ4v) is 2.76. The van der Waals surface area contributed by atoms with Crippen LogP contribution in [0.3, 0.4) is 0 Å². The van der Waals surface area contributed by atoms with Crippen molar-refractivity contribution in [2.45, 2.75) is 25.8 Å². The minimum Gasteiger partial charge on any atom is -0.374 e. The van der Waals surface area contributed by atoms with Crippen LogP contribution >= 0.6 is 15.9 Å². The second-order valence-electron chi connectivity index (χ2n) is 5.04. The topological polar surface area (TPSA) is 15.3 Å². The summed E-state index contributed by atoms with van der Waals surface area (Å²) in [6.07, 6.45) is 2.81. The normalized spacial score (nSPS) is 16.9. The van der Waals surface area contributed by atoms with Gasteiger partial charge in [0.1, 0.15) is 0 Å². The predicted molar refractivity (Wildman–Crippen MR) is 77.6 cm³/mol. The molecule has 2 nitrogen and oxygen atoms in total. The zero-order valence-corrected chi connectivity index (χ0v) is 12.4. The summed E-state index contributed by atoms with van der Waals surface area (Å²) >= 11 is 3.67. The first-order valence-electron chi connectivity index (χ1n) is 6.29. The Bertz CT molecular complexity index is 388. The Morgan fingerprint density at radius 1 is 1.47 bits per heavy atom. The van der Waals surface area contributed by atoms with Crippen LogP contribution in [0, 0.1) is 5.92 Å². The van der Waals surface area contributed by atoms with E-state index in [1.54, 1.807) is 0 Å².